The summed E-state index contributed by atoms with van der Waals surface area (Å²) < 4.78 is 0. The van der Waals surface area contributed by atoms with Gasteiger partial charge in [0.05, 0.1) is 0 Å². The van der Waals surface area contributed by atoms with Gasteiger partial charge in [0.2, 0.25) is 0 Å². The maximum atomic E-state index is 3.34. The van der Waals surface area contributed by atoms with Crippen LogP contribution in [-0.4, -0.2) is 37.6 Å². The molecule has 0 amide bonds. The first-order chi connectivity index (χ1) is 5.51. The summed E-state index contributed by atoms with van der Waals surface area (Å²) in [5.74, 6) is 0. The molecule has 1 atom stereocenters. The normalized spacial score (nSPS) is 26.5. The molecule has 72 valence electrons. The van der Waals surface area contributed by atoms with E-state index >= 15 is 0 Å². The maximum Gasteiger partial charge on any atom is 0.0204 e. The highest BCUT2D eigenvalue weighted by molar-refractivity contribution is 4.82. The van der Waals surface area contributed by atoms with Crippen molar-refractivity contribution in [3.63, 3.8) is 0 Å². The predicted molar refractivity (Wildman–Crippen MR) is 53.4 cm³/mol. The molecule has 1 rings (SSSR count). The van der Waals surface area contributed by atoms with Crippen molar-refractivity contribution in [2.45, 2.75) is 33.2 Å². The first kappa shape index (κ1) is 10.0. The lowest BCUT2D eigenvalue weighted by molar-refractivity contribution is 0.223. The third kappa shape index (κ3) is 3.11. The number of hydrogen-bond donors (Lipinski definition) is 1. The van der Waals surface area contributed by atoms with E-state index in [-0.39, 0.29) is 0 Å². The quantitative estimate of drug-likeness (QED) is 0.672. The molecule has 12 heavy (non-hydrogen) atoms. The fourth-order valence-corrected chi connectivity index (χ4v) is 1.88. The van der Waals surface area contributed by atoms with Gasteiger partial charge in [0.15, 0.2) is 0 Å². The Bertz CT molecular complexity index is 137. The molecule has 0 saturated carbocycles. The second kappa shape index (κ2) is 3.75. The van der Waals surface area contributed by atoms with Gasteiger partial charge >= 0.3 is 0 Å². The summed E-state index contributed by atoms with van der Waals surface area (Å²) in [5.41, 5.74) is 0.447. The zero-order valence-corrected chi connectivity index (χ0v) is 8.85. The van der Waals surface area contributed by atoms with E-state index < -0.39 is 0 Å². The number of likely N-dealkylation sites (N-methyl/N-ethyl adjacent to an activating group) is 1. The van der Waals surface area contributed by atoms with E-state index in [0.717, 1.165) is 6.04 Å². The molecule has 0 bridgehead atoms. The second-order valence-electron chi connectivity index (χ2n) is 5.07. The molecule has 0 radical (unpaired) electrons. The van der Waals surface area contributed by atoms with Gasteiger partial charge < -0.3 is 10.2 Å². The summed E-state index contributed by atoms with van der Waals surface area (Å²) in [6.07, 6.45) is 1.31. The van der Waals surface area contributed by atoms with Gasteiger partial charge in [0.25, 0.3) is 0 Å². The van der Waals surface area contributed by atoms with Crippen LogP contribution in [-0.2, 0) is 0 Å². The molecule has 0 aromatic carbocycles. The van der Waals surface area contributed by atoms with Crippen LogP contribution in [0.15, 0.2) is 0 Å². The molecule has 1 fully saturated rings. The van der Waals surface area contributed by atoms with Gasteiger partial charge in [-0.2, -0.15) is 0 Å². The largest absolute Gasteiger partial charge is 0.316 e. The van der Waals surface area contributed by atoms with Crippen molar-refractivity contribution in [3.05, 3.63) is 0 Å². The number of rotatable bonds is 2. The second-order valence-corrected chi connectivity index (χ2v) is 5.07. The zero-order valence-electron chi connectivity index (χ0n) is 8.85. The van der Waals surface area contributed by atoms with Crippen LogP contribution < -0.4 is 5.32 Å². The summed E-state index contributed by atoms with van der Waals surface area (Å²) in [4.78, 5) is 2.56. The van der Waals surface area contributed by atoms with Crippen molar-refractivity contribution in [1.29, 1.82) is 0 Å². The highest BCUT2D eigenvalue weighted by Crippen LogP contribution is 2.18. The minimum atomic E-state index is 0.447. The molecule has 1 aliphatic heterocycles. The average molecular weight is 170 g/mol. The fourth-order valence-electron chi connectivity index (χ4n) is 1.88. The van der Waals surface area contributed by atoms with E-state index in [1.807, 2.05) is 0 Å². The molecule has 0 aromatic heterocycles. The van der Waals surface area contributed by atoms with Crippen molar-refractivity contribution in [2.75, 3.05) is 26.7 Å². The van der Waals surface area contributed by atoms with E-state index in [1.54, 1.807) is 0 Å². The third-order valence-electron chi connectivity index (χ3n) is 2.38. The van der Waals surface area contributed by atoms with Gasteiger partial charge in [-0.05, 0) is 25.4 Å². The van der Waals surface area contributed by atoms with Gasteiger partial charge in [-0.25, -0.2) is 0 Å². The minimum absolute atomic E-state index is 0.447. The van der Waals surface area contributed by atoms with Crippen LogP contribution >= 0.6 is 0 Å². The van der Waals surface area contributed by atoms with Gasteiger partial charge in [0, 0.05) is 19.1 Å². The smallest absolute Gasteiger partial charge is 0.0204 e. The topological polar surface area (TPSA) is 15.3 Å². The Hall–Kier alpha value is -0.0800. The molecule has 2 heteroatoms. The van der Waals surface area contributed by atoms with Crippen molar-refractivity contribution < 1.29 is 0 Å². The van der Waals surface area contributed by atoms with Crippen LogP contribution in [0.2, 0.25) is 0 Å². The first-order valence-corrected chi connectivity index (χ1v) is 4.91. The van der Waals surface area contributed by atoms with E-state index in [4.69, 9.17) is 0 Å². The molecule has 0 aliphatic carbocycles. The molecule has 0 spiro atoms. The molecule has 1 N–H and O–H groups in total. The Labute approximate surface area is 76.3 Å². The Morgan fingerprint density at radius 2 is 2.08 bits per heavy atom. The van der Waals surface area contributed by atoms with Gasteiger partial charge in [0.1, 0.15) is 0 Å². The van der Waals surface area contributed by atoms with Crippen molar-refractivity contribution in [2.24, 2.45) is 5.41 Å². The summed E-state index contributed by atoms with van der Waals surface area (Å²) in [5, 5.41) is 3.34. The van der Waals surface area contributed by atoms with Crippen molar-refractivity contribution in [3.8, 4) is 0 Å². The lowest BCUT2D eigenvalue weighted by Crippen LogP contribution is -2.34. The Morgan fingerprint density at radius 3 is 2.50 bits per heavy atom. The Kier molecular flexibility index (Phi) is 3.13. The standard InChI is InChI=1S/C10H22N2/c1-10(2,3)8-12-6-5-9(7-12)11-4/h9,11H,5-8H2,1-4H3. The summed E-state index contributed by atoms with van der Waals surface area (Å²) in [7, 11) is 2.06. The molecule has 1 aliphatic rings. The predicted octanol–water partition coefficient (Wildman–Crippen LogP) is 1.33. The lowest BCUT2D eigenvalue weighted by Gasteiger charge is -2.26. The van der Waals surface area contributed by atoms with Gasteiger partial charge in [-0.1, -0.05) is 20.8 Å². The van der Waals surface area contributed by atoms with Crippen LogP contribution in [0, 0.1) is 5.41 Å². The summed E-state index contributed by atoms with van der Waals surface area (Å²) in [6, 6.07) is 0.729. The molecule has 0 aromatic rings. The van der Waals surface area contributed by atoms with Gasteiger partial charge in [-0.3, -0.25) is 0 Å². The van der Waals surface area contributed by atoms with Crippen LogP contribution in [0.3, 0.4) is 0 Å². The number of hydrogen-bond acceptors (Lipinski definition) is 2. The molecule has 2 nitrogen and oxygen atoms in total. The van der Waals surface area contributed by atoms with Gasteiger partial charge in [-0.15, -0.1) is 0 Å². The van der Waals surface area contributed by atoms with Crippen LogP contribution in [0.25, 0.3) is 0 Å². The third-order valence-corrected chi connectivity index (χ3v) is 2.38. The number of nitrogens with zero attached hydrogens (tertiary/aromatic N) is 1. The van der Waals surface area contributed by atoms with Crippen LogP contribution in [0.1, 0.15) is 27.2 Å². The Balaban J connectivity index is 2.28. The van der Waals surface area contributed by atoms with Crippen molar-refractivity contribution in [1.82, 2.24) is 10.2 Å². The average Bonchev–Trinajstić information content (AvgIpc) is 2.32. The fraction of sp³-hybridized carbons (Fsp3) is 1.00. The van der Waals surface area contributed by atoms with E-state index in [2.05, 4.69) is 38.0 Å². The highest BCUT2D eigenvalue weighted by atomic mass is 15.2. The van der Waals surface area contributed by atoms with Crippen LogP contribution in [0.5, 0.6) is 0 Å². The van der Waals surface area contributed by atoms with E-state index in [1.165, 1.54) is 26.1 Å². The SMILES string of the molecule is CNC1CCN(CC(C)(C)C)C1. The number of nitrogens with one attached hydrogen (secondary N) is 1. The first-order valence-electron chi connectivity index (χ1n) is 4.91. The molecule has 1 saturated heterocycles. The molecular weight excluding hydrogens is 148 g/mol. The minimum Gasteiger partial charge on any atom is -0.316 e. The summed E-state index contributed by atoms with van der Waals surface area (Å²) >= 11 is 0. The monoisotopic (exact) mass is 170 g/mol. The highest BCUT2D eigenvalue weighted by Gasteiger charge is 2.24. The zero-order chi connectivity index (χ0) is 9.19. The van der Waals surface area contributed by atoms with Crippen molar-refractivity contribution >= 4 is 0 Å². The molecule has 1 unspecified atom stereocenters. The Morgan fingerprint density at radius 1 is 1.42 bits per heavy atom. The van der Waals surface area contributed by atoms with E-state index in [9.17, 15) is 0 Å². The van der Waals surface area contributed by atoms with Crippen LogP contribution in [0.4, 0.5) is 0 Å². The van der Waals surface area contributed by atoms with E-state index in [0.29, 0.717) is 5.41 Å². The summed E-state index contributed by atoms with van der Waals surface area (Å²) in [6.45, 7) is 10.6. The molecule has 1 heterocycles. The maximum absolute atomic E-state index is 3.34. The number of likely N-dealkylation sites (tertiary alicyclic amines) is 1. The molecular formula is C10H22N2. The lowest BCUT2D eigenvalue weighted by atomic mass is 9.96.